The first-order chi connectivity index (χ1) is 7.49. The molecule has 0 unspecified atom stereocenters. The minimum Gasteiger partial charge on any atom is -0.469 e. The minimum atomic E-state index is -0.463. The van der Waals surface area contributed by atoms with Crippen molar-refractivity contribution in [3.8, 4) is 0 Å². The fourth-order valence-electron chi connectivity index (χ4n) is 1.60. The molecule has 0 atom stereocenters. The van der Waals surface area contributed by atoms with Gasteiger partial charge >= 0.3 is 5.97 Å². The number of hydrogen-bond acceptors (Lipinski definition) is 3. The van der Waals surface area contributed by atoms with E-state index in [1.54, 1.807) is 11.8 Å². The molecule has 1 aromatic rings. The van der Waals surface area contributed by atoms with Gasteiger partial charge in [0, 0.05) is 4.90 Å². The predicted octanol–water partition coefficient (Wildman–Crippen LogP) is 3.15. The van der Waals surface area contributed by atoms with Crippen LogP contribution in [0.3, 0.4) is 0 Å². The maximum atomic E-state index is 11.5. The van der Waals surface area contributed by atoms with Crippen molar-refractivity contribution in [3.63, 3.8) is 0 Å². The molecule has 0 aliphatic carbocycles. The van der Waals surface area contributed by atoms with Crippen LogP contribution in [0.15, 0.2) is 29.2 Å². The van der Waals surface area contributed by atoms with Crippen LogP contribution in [0.25, 0.3) is 0 Å². The summed E-state index contributed by atoms with van der Waals surface area (Å²) in [6, 6.07) is 8.29. The number of benzene rings is 1. The molecule has 0 bridgehead atoms. The van der Waals surface area contributed by atoms with Crippen molar-refractivity contribution >= 4 is 17.7 Å². The molecule has 1 rings (SSSR count). The van der Waals surface area contributed by atoms with E-state index in [2.05, 4.69) is 24.3 Å². The van der Waals surface area contributed by atoms with Gasteiger partial charge in [0.1, 0.15) is 0 Å². The summed E-state index contributed by atoms with van der Waals surface area (Å²) in [4.78, 5) is 12.8. The lowest BCUT2D eigenvalue weighted by molar-refractivity contribution is -0.150. The summed E-state index contributed by atoms with van der Waals surface area (Å²) in [6.45, 7) is 3.81. The van der Waals surface area contributed by atoms with Gasteiger partial charge in [-0.3, -0.25) is 4.79 Å². The van der Waals surface area contributed by atoms with Gasteiger partial charge in [0.2, 0.25) is 0 Å². The Labute approximate surface area is 101 Å². The number of rotatable bonds is 4. The van der Waals surface area contributed by atoms with Crippen LogP contribution >= 0.6 is 11.8 Å². The summed E-state index contributed by atoms with van der Waals surface area (Å²) < 4.78 is 4.79. The highest BCUT2D eigenvalue weighted by molar-refractivity contribution is 7.98. The molecule has 0 fully saturated rings. The third kappa shape index (κ3) is 3.27. The fourth-order valence-corrected chi connectivity index (χ4v) is 2.01. The van der Waals surface area contributed by atoms with Crippen LogP contribution in [-0.2, 0) is 16.0 Å². The molecule has 0 amide bonds. The van der Waals surface area contributed by atoms with E-state index < -0.39 is 5.41 Å². The molecule has 0 aromatic heterocycles. The van der Waals surface area contributed by atoms with Crippen LogP contribution in [0, 0.1) is 5.41 Å². The van der Waals surface area contributed by atoms with Crippen LogP contribution in [0.1, 0.15) is 19.4 Å². The highest BCUT2D eigenvalue weighted by Crippen LogP contribution is 2.24. The number of methoxy groups -OCH3 is 1. The molecule has 0 aliphatic heterocycles. The van der Waals surface area contributed by atoms with Crippen molar-refractivity contribution in [1.29, 1.82) is 0 Å². The Kier molecular flexibility index (Phi) is 4.42. The van der Waals surface area contributed by atoms with E-state index >= 15 is 0 Å². The van der Waals surface area contributed by atoms with E-state index in [9.17, 15) is 4.79 Å². The molecule has 3 heteroatoms. The van der Waals surface area contributed by atoms with Gasteiger partial charge in [-0.15, -0.1) is 11.8 Å². The number of thioether (sulfide) groups is 1. The zero-order valence-corrected chi connectivity index (χ0v) is 11.1. The molecule has 0 heterocycles. The topological polar surface area (TPSA) is 26.3 Å². The monoisotopic (exact) mass is 238 g/mol. The molecule has 0 spiro atoms. The third-order valence-corrected chi connectivity index (χ3v) is 3.29. The van der Waals surface area contributed by atoms with Crippen molar-refractivity contribution in [3.05, 3.63) is 29.8 Å². The molecule has 0 aliphatic rings. The molecule has 16 heavy (non-hydrogen) atoms. The smallest absolute Gasteiger partial charge is 0.311 e. The number of carbonyl (C=O) groups is 1. The zero-order valence-electron chi connectivity index (χ0n) is 10.2. The first kappa shape index (κ1) is 13.1. The van der Waals surface area contributed by atoms with Crippen LogP contribution in [0.2, 0.25) is 0 Å². The second kappa shape index (κ2) is 5.39. The van der Waals surface area contributed by atoms with Crippen LogP contribution in [0.4, 0.5) is 0 Å². The summed E-state index contributed by atoms with van der Waals surface area (Å²) in [5, 5.41) is 0. The average Bonchev–Trinajstić information content (AvgIpc) is 2.28. The maximum absolute atomic E-state index is 11.5. The van der Waals surface area contributed by atoms with E-state index in [0.29, 0.717) is 6.42 Å². The summed E-state index contributed by atoms with van der Waals surface area (Å²) in [5.74, 6) is -0.165. The first-order valence-electron chi connectivity index (χ1n) is 5.21. The summed E-state index contributed by atoms with van der Waals surface area (Å²) in [6.07, 6.45) is 2.75. The average molecular weight is 238 g/mol. The number of hydrogen-bond donors (Lipinski definition) is 0. The van der Waals surface area contributed by atoms with Gasteiger partial charge in [-0.2, -0.15) is 0 Å². The quantitative estimate of drug-likeness (QED) is 0.595. The van der Waals surface area contributed by atoms with E-state index in [0.717, 1.165) is 5.56 Å². The summed E-state index contributed by atoms with van der Waals surface area (Å²) >= 11 is 1.71. The highest BCUT2D eigenvalue weighted by atomic mass is 32.2. The van der Waals surface area contributed by atoms with Gasteiger partial charge < -0.3 is 4.74 Å². The van der Waals surface area contributed by atoms with Crippen LogP contribution in [-0.4, -0.2) is 19.3 Å². The Hall–Kier alpha value is -0.960. The lowest BCUT2D eigenvalue weighted by Crippen LogP contribution is -2.27. The Balaban J connectivity index is 2.76. The molecular weight excluding hydrogens is 220 g/mol. The van der Waals surface area contributed by atoms with E-state index in [1.165, 1.54) is 12.0 Å². The lowest BCUT2D eigenvalue weighted by Gasteiger charge is -2.21. The van der Waals surface area contributed by atoms with Crippen LogP contribution < -0.4 is 0 Å². The van der Waals surface area contributed by atoms with Gasteiger partial charge in [-0.25, -0.2) is 0 Å². The Morgan fingerprint density at radius 3 is 2.31 bits per heavy atom. The minimum absolute atomic E-state index is 0.165. The second-order valence-electron chi connectivity index (χ2n) is 4.40. The standard InChI is InChI=1S/C13H18O2S/c1-13(2,12(14)15-3)9-10-5-7-11(16-4)8-6-10/h5-8H,9H2,1-4H3. The van der Waals surface area contributed by atoms with Crippen molar-refractivity contribution < 1.29 is 9.53 Å². The SMILES string of the molecule is COC(=O)C(C)(C)Cc1ccc(SC)cc1. The molecular formula is C13H18O2S. The van der Waals surface area contributed by atoms with Crippen molar-refractivity contribution in [1.82, 2.24) is 0 Å². The molecule has 0 N–H and O–H groups in total. The predicted molar refractivity (Wildman–Crippen MR) is 67.7 cm³/mol. The molecule has 88 valence electrons. The zero-order chi connectivity index (χ0) is 12.2. The van der Waals surface area contributed by atoms with Crippen molar-refractivity contribution in [2.45, 2.75) is 25.2 Å². The lowest BCUT2D eigenvalue weighted by atomic mass is 9.86. The van der Waals surface area contributed by atoms with Crippen molar-refractivity contribution in [2.24, 2.45) is 5.41 Å². The largest absolute Gasteiger partial charge is 0.469 e. The van der Waals surface area contributed by atoms with Crippen LogP contribution in [0.5, 0.6) is 0 Å². The van der Waals surface area contributed by atoms with Crippen molar-refractivity contribution in [2.75, 3.05) is 13.4 Å². The number of carbonyl (C=O) groups excluding carboxylic acids is 1. The highest BCUT2D eigenvalue weighted by Gasteiger charge is 2.28. The van der Waals surface area contributed by atoms with Gasteiger partial charge in [0.05, 0.1) is 12.5 Å². The Morgan fingerprint density at radius 2 is 1.88 bits per heavy atom. The molecule has 1 aromatic carbocycles. The second-order valence-corrected chi connectivity index (χ2v) is 5.28. The normalized spacial score (nSPS) is 11.2. The van der Waals surface area contributed by atoms with Gasteiger partial charge in [0.15, 0.2) is 0 Å². The summed E-state index contributed by atoms with van der Waals surface area (Å²) in [7, 11) is 1.43. The van der Waals surface area contributed by atoms with E-state index in [1.807, 2.05) is 20.1 Å². The Bertz CT molecular complexity index is 355. The van der Waals surface area contributed by atoms with E-state index in [4.69, 9.17) is 4.74 Å². The summed E-state index contributed by atoms with van der Waals surface area (Å²) in [5.41, 5.74) is 0.698. The third-order valence-electron chi connectivity index (χ3n) is 2.54. The maximum Gasteiger partial charge on any atom is 0.311 e. The molecule has 2 nitrogen and oxygen atoms in total. The number of ether oxygens (including phenoxy) is 1. The van der Waals surface area contributed by atoms with Gasteiger partial charge in [-0.1, -0.05) is 12.1 Å². The molecule has 0 saturated heterocycles. The number of esters is 1. The fraction of sp³-hybridized carbons (Fsp3) is 0.462. The van der Waals surface area contributed by atoms with Gasteiger partial charge in [-0.05, 0) is 44.2 Å². The van der Waals surface area contributed by atoms with Gasteiger partial charge in [0.25, 0.3) is 0 Å². The van der Waals surface area contributed by atoms with E-state index in [-0.39, 0.29) is 5.97 Å². The molecule has 0 saturated carbocycles. The first-order valence-corrected chi connectivity index (χ1v) is 6.43. The Morgan fingerprint density at radius 1 is 1.31 bits per heavy atom. The molecule has 0 radical (unpaired) electrons.